The van der Waals surface area contributed by atoms with Crippen LogP contribution in [0.3, 0.4) is 0 Å². The minimum Gasteiger partial charge on any atom is -0.382 e. The number of benzene rings is 1. The summed E-state index contributed by atoms with van der Waals surface area (Å²) in [4.78, 5) is 14.0. The summed E-state index contributed by atoms with van der Waals surface area (Å²) in [7, 11) is 0. The summed E-state index contributed by atoms with van der Waals surface area (Å²) in [5.74, 6) is 0.119. The fraction of sp³-hybridized carbons (Fsp3) is 0.214. The summed E-state index contributed by atoms with van der Waals surface area (Å²) in [5.41, 5.74) is 7.75. The number of hydrogen-bond donors (Lipinski definition) is 1. The van der Waals surface area contributed by atoms with Crippen molar-refractivity contribution >= 4 is 17.4 Å². The Labute approximate surface area is 112 Å². The molecule has 0 atom stereocenters. The molecule has 5 nitrogen and oxygen atoms in total. The highest BCUT2D eigenvalue weighted by Gasteiger charge is 2.17. The third kappa shape index (κ3) is 2.88. The monoisotopic (exact) mass is 256 g/mol. The molecule has 0 saturated carbocycles. The lowest BCUT2D eigenvalue weighted by atomic mass is 10.2. The molecule has 1 aromatic heterocycles. The van der Waals surface area contributed by atoms with Crippen LogP contribution < -0.4 is 10.6 Å². The number of nitrogens with two attached hydrogens (primary N) is 1. The minimum absolute atomic E-state index is 0.182. The van der Waals surface area contributed by atoms with Crippen LogP contribution in [-0.4, -0.2) is 22.6 Å². The molecule has 0 unspecified atom stereocenters. The summed E-state index contributed by atoms with van der Waals surface area (Å²) < 4.78 is 0. The van der Waals surface area contributed by atoms with Crippen LogP contribution in [0.25, 0.3) is 0 Å². The number of rotatable bonds is 3. The average molecular weight is 256 g/mol. The fourth-order valence-electron chi connectivity index (χ4n) is 1.76. The molecule has 0 spiro atoms. The first-order chi connectivity index (χ1) is 9.11. The molecule has 0 fully saturated rings. The lowest BCUT2D eigenvalue weighted by molar-refractivity contribution is 0.0982. The zero-order valence-corrected chi connectivity index (χ0v) is 11.0. The number of amides is 1. The van der Waals surface area contributed by atoms with Gasteiger partial charge in [-0.1, -0.05) is 17.7 Å². The third-order valence-electron chi connectivity index (χ3n) is 2.81. The molecule has 1 aromatic carbocycles. The molecule has 2 N–H and O–H groups in total. The molecule has 19 heavy (non-hydrogen) atoms. The molecular weight excluding hydrogens is 240 g/mol. The van der Waals surface area contributed by atoms with Gasteiger partial charge in [-0.05, 0) is 38.1 Å². The second-order valence-corrected chi connectivity index (χ2v) is 4.23. The average Bonchev–Trinajstić information content (AvgIpc) is 2.42. The maximum atomic E-state index is 12.4. The molecule has 1 amide bonds. The maximum Gasteiger partial charge on any atom is 0.278 e. The topological polar surface area (TPSA) is 72.1 Å². The van der Waals surface area contributed by atoms with Crippen LogP contribution in [0.5, 0.6) is 0 Å². The van der Waals surface area contributed by atoms with E-state index >= 15 is 0 Å². The van der Waals surface area contributed by atoms with E-state index in [0.717, 1.165) is 11.3 Å². The van der Waals surface area contributed by atoms with Crippen LogP contribution in [0.2, 0.25) is 0 Å². The minimum atomic E-state index is -0.182. The van der Waals surface area contributed by atoms with Crippen LogP contribution in [0.15, 0.2) is 36.4 Å². The number of carbonyl (C=O) groups is 1. The van der Waals surface area contributed by atoms with Gasteiger partial charge in [-0.2, -0.15) is 0 Å². The SMILES string of the molecule is CCN(C(=O)c1ccc(N)nn1)c1ccc(C)cc1. The Morgan fingerprint density at radius 3 is 2.37 bits per heavy atom. The number of hydrogen-bond acceptors (Lipinski definition) is 4. The molecule has 5 heteroatoms. The van der Waals surface area contributed by atoms with Crippen LogP contribution in [0, 0.1) is 6.92 Å². The van der Waals surface area contributed by atoms with Gasteiger partial charge in [-0.25, -0.2) is 0 Å². The Morgan fingerprint density at radius 2 is 1.84 bits per heavy atom. The van der Waals surface area contributed by atoms with Crippen LogP contribution in [0.4, 0.5) is 11.5 Å². The van der Waals surface area contributed by atoms with E-state index in [0.29, 0.717) is 12.4 Å². The number of aryl methyl sites for hydroxylation is 1. The van der Waals surface area contributed by atoms with Crippen molar-refractivity contribution in [1.29, 1.82) is 0 Å². The van der Waals surface area contributed by atoms with E-state index in [1.54, 1.807) is 17.0 Å². The lowest BCUT2D eigenvalue weighted by Crippen LogP contribution is -2.31. The van der Waals surface area contributed by atoms with Crippen molar-refractivity contribution in [2.45, 2.75) is 13.8 Å². The van der Waals surface area contributed by atoms with Gasteiger partial charge in [-0.15, -0.1) is 10.2 Å². The molecule has 2 aromatic rings. The van der Waals surface area contributed by atoms with Crippen molar-refractivity contribution in [3.8, 4) is 0 Å². The van der Waals surface area contributed by atoms with Gasteiger partial charge in [0.25, 0.3) is 5.91 Å². The van der Waals surface area contributed by atoms with Crippen molar-refractivity contribution in [2.75, 3.05) is 17.2 Å². The lowest BCUT2D eigenvalue weighted by Gasteiger charge is -2.20. The van der Waals surface area contributed by atoms with Gasteiger partial charge in [0.15, 0.2) is 5.69 Å². The standard InChI is InChI=1S/C14H16N4O/c1-3-18(11-6-4-10(2)5-7-11)14(19)12-8-9-13(15)17-16-12/h4-9H,3H2,1-2H3,(H2,15,17). The molecule has 0 aliphatic rings. The number of nitrogens with zero attached hydrogens (tertiary/aromatic N) is 3. The van der Waals surface area contributed by atoms with E-state index in [-0.39, 0.29) is 11.6 Å². The number of anilines is 2. The van der Waals surface area contributed by atoms with E-state index in [4.69, 9.17) is 5.73 Å². The van der Waals surface area contributed by atoms with Crippen LogP contribution in [0.1, 0.15) is 23.0 Å². The van der Waals surface area contributed by atoms with Gasteiger partial charge in [0.2, 0.25) is 0 Å². The van der Waals surface area contributed by atoms with Crippen LogP contribution in [-0.2, 0) is 0 Å². The fourth-order valence-corrected chi connectivity index (χ4v) is 1.76. The van der Waals surface area contributed by atoms with E-state index in [1.807, 2.05) is 38.1 Å². The van der Waals surface area contributed by atoms with Crippen LogP contribution >= 0.6 is 0 Å². The highest BCUT2D eigenvalue weighted by molar-refractivity contribution is 6.04. The van der Waals surface area contributed by atoms with Crippen molar-refractivity contribution in [1.82, 2.24) is 10.2 Å². The molecule has 98 valence electrons. The van der Waals surface area contributed by atoms with E-state index in [1.165, 1.54) is 0 Å². The highest BCUT2D eigenvalue weighted by Crippen LogP contribution is 2.17. The largest absolute Gasteiger partial charge is 0.382 e. The van der Waals surface area contributed by atoms with Gasteiger partial charge < -0.3 is 10.6 Å². The Hall–Kier alpha value is -2.43. The summed E-state index contributed by atoms with van der Waals surface area (Å²) in [5, 5.41) is 7.53. The molecule has 1 heterocycles. The molecule has 0 aliphatic carbocycles. The molecule has 0 aliphatic heterocycles. The third-order valence-corrected chi connectivity index (χ3v) is 2.81. The number of aromatic nitrogens is 2. The predicted octanol–water partition coefficient (Wildman–Crippen LogP) is 2.03. The van der Waals surface area contributed by atoms with Gasteiger partial charge >= 0.3 is 0 Å². The predicted molar refractivity (Wildman–Crippen MR) is 75.0 cm³/mol. The number of carbonyl (C=O) groups excluding carboxylic acids is 1. The van der Waals surface area contributed by atoms with Gasteiger partial charge in [0, 0.05) is 12.2 Å². The molecule has 2 rings (SSSR count). The van der Waals surface area contributed by atoms with Crippen molar-refractivity contribution in [2.24, 2.45) is 0 Å². The van der Waals surface area contributed by atoms with E-state index in [9.17, 15) is 4.79 Å². The van der Waals surface area contributed by atoms with Crippen molar-refractivity contribution in [3.05, 3.63) is 47.7 Å². The molecule has 0 saturated heterocycles. The van der Waals surface area contributed by atoms with Gasteiger partial charge in [0.05, 0.1) is 0 Å². The smallest absolute Gasteiger partial charge is 0.278 e. The molecule has 0 bridgehead atoms. The van der Waals surface area contributed by atoms with Gasteiger partial charge in [-0.3, -0.25) is 4.79 Å². The Kier molecular flexibility index (Phi) is 3.75. The second kappa shape index (κ2) is 5.48. The normalized spacial score (nSPS) is 10.2. The first-order valence-electron chi connectivity index (χ1n) is 6.09. The summed E-state index contributed by atoms with van der Waals surface area (Å²) in [6.45, 7) is 4.49. The zero-order valence-electron chi connectivity index (χ0n) is 11.0. The summed E-state index contributed by atoms with van der Waals surface area (Å²) >= 11 is 0. The summed E-state index contributed by atoms with van der Waals surface area (Å²) in [6, 6.07) is 10.9. The number of nitrogen functional groups attached to an aromatic ring is 1. The quantitative estimate of drug-likeness (QED) is 0.912. The Bertz CT molecular complexity index is 563. The van der Waals surface area contributed by atoms with E-state index < -0.39 is 0 Å². The molecule has 0 radical (unpaired) electrons. The Balaban J connectivity index is 2.29. The highest BCUT2D eigenvalue weighted by atomic mass is 16.2. The first kappa shape index (κ1) is 13.0. The van der Waals surface area contributed by atoms with Crippen molar-refractivity contribution in [3.63, 3.8) is 0 Å². The first-order valence-corrected chi connectivity index (χ1v) is 6.09. The zero-order chi connectivity index (χ0) is 13.8. The van der Waals surface area contributed by atoms with Gasteiger partial charge in [0.1, 0.15) is 5.82 Å². The van der Waals surface area contributed by atoms with Crippen molar-refractivity contribution < 1.29 is 4.79 Å². The molecular formula is C14H16N4O. The second-order valence-electron chi connectivity index (χ2n) is 4.23. The Morgan fingerprint density at radius 1 is 1.16 bits per heavy atom. The summed E-state index contributed by atoms with van der Waals surface area (Å²) in [6.07, 6.45) is 0. The maximum absolute atomic E-state index is 12.4. The van der Waals surface area contributed by atoms with E-state index in [2.05, 4.69) is 10.2 Å².